The highest BCUT2D eigenvalue weighted by molar-refractivity contribution is 8.15. The summed E-state index contributed by atoms with van der Waals surface area (Å²) in [6, 6.07) is 9.53. The SMILES string of the molecule is O=C(O)C[C@@H]1SC(=O)N(CCc2ccccc2)C1=O. The third kappa shape index (κ3) is 3.35. The summed E-state index contributed by atoms with van der Waals surface area (Å²) in [6.07, 6.45) is 0.274. The third-order valence-corrected chi connectivity index (χ3v) is 3.91. The zero-order valence-electron chi connectivity index (χ0n) is 10.1. The van der Waals surface area contributed by atoms with Crippen molar-refractivity contribution in [2.45, 2.75) is 18.1 Å². The van der Waals surface area contributed by atoms with Crippen molar-refractivity contribution in [3.05, 3.63) is 35.9 Å². The predicted molar refractivity (Wildman–Crippen MR) is 70.9 cm³/mol. The molecule has 1 fully saturated rings. The molecule has 5 nitrogen and oxygen atoms in total. The van der Waals surface area contributed by atoms with E-state index in [-0.39, 0.29) is 11.7 Å². The van der Waals surface area contributed by atoms with Crippen molar-refractivity contribution in [2.24, 2.45) is 0 Å². The largest absolute Gasteiger partial charge is 0.481 e. The van der Waals surface area contributed by atoms with Gasteiger partial charge in [-0.05, 0) is 12.0 Å². The molecule has 1 aromatic rings. The van der Waals surface area contributed by atoms with Crippen LogP contribution in [-0.4, -0.2) is 38.9 Å². The summed E-state index contributed by atoms with van der Waals surface area (Å²) in [4.78, 5) is 35.3. The van der Waals surface area contributed by atoms with Gasteiger partial charge in [-0.15, -0.1) is 0 Å². The molecular weight excluding hydrogens is 266 g/mol. The van der Waals surface area contributed by atoms with E-state index >= 15 is 0 Å². The van der Waals surface area contributed by atoms with Crippen LogP contribution in [0.4, 0.5) is 4.79 Å². The molecule has 0 radical (unpaired) electrons. The Morgan fingerprint density at radius 3 is 2.58 bits per heavy atom. The minimum absolute atomic E-state index is 0.296. The van der Waals surface area contributed by atoms with Crippen molar-refractivity contribution in [1.29, 1.82) is 0 Å². The number of thioether (sulfide) groups is 1. The zero-order chi connectivity index (χ0) is 13.8. The number of carbonyl (C=O) groups excluding carboxylic acids is 2. The molecule has 2 amide bonds. The first-order valence-electron chi connectivity index (χ1n) is 5.85. The summed E-state index contributed by atoms with van der Waals surface area (Å²) < 4.78 is 0. The Kier molecular flexibility index (Phi) is 4.21. The molecule has 100 valence electrons. The number of carbonyl (C=O) groups is 3. The van der Waals surface area contributed by atoms with Crippen LogP contribution < -0.4 is 0 Å². The van der Waals surface area contributed by atoms with Crippen molar-refractivity contribution in [2.75, 3.05) is 6.54 Å². The van der Waals surface area contributed by atoms with Crippen LogP contribution in [0.15, 0.2) is 30.3 Å². The molecule has 0 unspecified atom stereocenters. The van der Waals surface area contributed by atoms with Crippen LogP contribution in [0.3, 0.4) is 0 Å². The van der Waals surface area contributed by atoms with Gasteiger partial charge in [-0.2, -0.15) is 0 Å². The zero-order valence-corrected chi connectivity index (χ0v) is 10.9. The van der Waals surface area contributed by atoms with Crippen LogP contribution in [0.1, 0.15) is 12.0 Å². The lowest BCUT2D eigenvalue weighted by molar-refractivity contribution is -0.139. The normalized spacial score (nSPS) is 18.9. The molecular formula is C13H13NO4S. The molecule has 1 atom stereocenters. The fourth-order valence-corrected chi connectivity index (χ4v) is 2.88. The van der Waals surface area contributed by atoms with Crippen molar-refractivity contribution >= 4 is 28.9 Å². The average Bonchev–Trinajstić information content (AvgIpc) is 2.63. The number of aliphatic carboxylic acids is 1. The number of hydrogen-bond acceptors (Lipinski definition) is 4. The highest BCUT2D eigenvalue weighted by atomic mass is 32.2. The second-order valence-corrected chi connectivity index (χ2v) is 5.35. The summed E-state index contributed by atoms with van der Waals surface area (Å²) >= 11 is 0.802. The maximum absolute atomic E-state index is 11.9. The lowest BCUT2D eigenvalue weighted by atomic mass is 10.1. The molecule has 0 aromatic heterocycles. The molecule has 0 spiro atoms. The maximum atomic E-state index is 11.9. The number of hydrogen-bond donors (Lipinski definition) is 1. The van der Waals surface area contributed by atoms with Crippen molar-refractivity contribution in [1.82, 2.24) is 4.90 Å². The minimum atomic E-state index is -1.07. The van der Waals surface area contributed by atoms with Gasteiger partial charge in [0, 0.05) is 6.54 Å². The first kappa shape index (κ1) is 13.6. The van der Waals surface area contributed by atoms with Gasteiger partial charge in [0.15, 0.2) is 0 Å². The van der Waals surface area contributed by atoms with E-state index in [1.54, 1.807) is 0 Å². The standard InChI is InChI=1S/C13H13NO4S/c15-11(16)8-10-12(17)14(13(18)19-10)7-6-9-4-2-1-3-5-9/h1-5,10H,6-8H2,(H,15,16)/t10-/m0/s1. The minimum Gasteiger partial charge on any atom is -0.481 e. The molecule has 1 heterocycles. The van der Waals surface area contributed by atoms with E-state index in [4.69, 9.17) is 5.11 Å². The fourth-order valence-electron chi connectivity index (χ4n) is 1.87. The van der Waals surface area contributed by atoms with Gasteiger partial charge in [-0.1, -0.05) is 42.1 Å². The number of amides is 2. The Hall–Kier alpha value is -1.82. The van der Waals surface area contributed by atoms with Crippen LogP contribution >= 0.6 is 11.8 Å². The van der Waals surface area contributed by atoms with E-state index < -0.39 is 17.1 Å². The second-order valence-electron chi connectivity index (χ2n) is 4.20. The Balaban J connectivity index is 1.95. The molecule has 2 rings (SSSR count). The molecule has 1 aliphatic rings. The van der Waals surface area contributed by atoms with E-state index in [2.05, 4.69) is 0 Å². The average molecular weight is 279 g/mol. The third-order valence-electron chi connectivity index (χ3n) is 2.83. The summed E-state index contributed by atoms with van der Waals surface area (Å²) in [5.41, 5.74) is 1.04. The Morgan fingerprint density at radius 2 is 1.95 bits per heavy atom. The summed E-state index contributed by atoms with van der Waals surface area (Å²) in [5, 5.41) is 7.55. The molecule has 0 bridgehead atoms. The van der Waals surface area contributed by atoms with Gasteiger partial charge >= 0.3 is 5.97 Å². The van der Waals surface area contributed by atoms with E-state index in [0.29, 0.717) is 13.0 Å². The van der Waals surface area contributed by atoms with E-state index in [0.717, 1.165) is 22.2 Å². The van der Waals surface area contributed by atoms with Gasteiger partial charge in [-0.25, -0.2) is 0 Å². The quantitative estimate of drug-likeness (QED) is 0.889. The van der Waals surface area contributed by atoms with Gasteiger partial charge in [0.25, 0.3) is 5.24 Å². The fraction of sp³-hybridized carbons (Fsp3) is 0.308. The van der Waals surface area contributed by atoms with Gasteiger partial charge in [-0.3, -0.25) is 19.3 Å². The topological polar surface area (TPSA) is 74.7 Å². The van der Waals surface area contributed by atoms with Crippen molar-refractivity contribution < 1.29 is 19.5 Å². The van der Waals surface area contributed by atoms with Crippen LogP contribution in [0, 0.1) is 0 Å². The van der Waals surface area contributed by atoms with Crippen molar-refractivity contribution in [3.63, 3.8) is 0 Å². The molecule has 0 saturated carbocycles. The molecule has 1 aliphatic heterocycles. The van der Waals surface area contributed by atoms with Gasteiger partial charge in [0.05, 0.1) is 6.42 Å². The van der Waals surface area contributed by atoms with Crippen LogP contribution in [0.5, 0.6) is 0 Å². The highest BCUT2D eigenvalue weighted by Gasteiger charge is 2.40. The van der Waals surface area contributed by atoms with Crippen LogP contribution in [-0.2, 0) is 16.0 Å². The second kappa shape index (κ2) is 5.88. The van der Waals surface area contributed by atoms with Crippen LogP contribution in [0.2, 0.25) is 0 Å². The first-order valence-corrected chi connectivity index (χ1v) is 6.73. The highest BCUT2D eigenvalue weighted by Crippen LogP contribution is 2.29. The molecule has 19 heavy (non-hydrogen) atoms. The molecule has 1 saturated heterocycles. The van der Waals surface area contributed by atoms with E-state index in [1.165, 1.54) is 0 Å². The lowest BCUT2D eigenvalue weighted by Gasteiger charge is -2.13. The van der Waals surface area contributed by atoms with Crippen LogP contribution in [0.25, 0.3) is 0 Å². The Bertz CT molecular complexity index is 503. The number of rotatable bonds is 5. The van der Waals surface area contributed by atoms with E-state index in [1.807, 2.05) is 30.3 Å². The number of benzene rings is 1. The van der Waals surface area contributed by atoms with Gasteiger partial charge < -0.3 is 5.11 Å². The smallest absolute Gasteiger partial charge is 0.305 e. The van der Waals surface area contributed by atoms with E-state index in [9.17, 15) is 14.4 Å². The Labute approximate surface area is 114 Å². The number of nitrogens with zero attached hydrogens (tertiary/aromatic N) is 1. The summed E-state index contributed by atoms with van der Waals surface area (Å²) in [7, 11) is 0. The van der Waals surface area contributed by atoms with Gasteiger partial charge in [0.1, 0.15) is 5.25 Å². The monoisotopic (exact) mass is 279 g/mol. The van der Waals surface area contributed by atoms with Crippen molar-refractivity contribution in [3.8, 4) is 0 Å². The first-order chi connectivity index (χ1) is 9.08. The van der Waals surface area contributed by atoms with Gasteiger partial charge in [0.2, 0.25) is 5.91 Å². The number of carboxylic acid groups (broad SMARTS) is 1. The number of imide groups is 1. The molecule has 6 heteroatoms. The predicted octanol–water partition coefficient (Wildman–Crippen LogP) is 1.77. The maximum Gasteiger partial charge on any atom is 0.305 e. The number of carboxylic acids is 1. The molecule has 1 N–H and O–H groups in total. The lowest BCUT2D eigenvalue weighted by Crippen LogP contribution is -2.33. The molecule has 0 aliphatic carbocycles. The summed E-state index contributed by atoms with van der Waals surface area (Å²) in [6.45, 7) is 0.296. The Morgan fingerprint density at radius 1 is 1.26 bits per heavy atom. The molecule has 1 aromatic carbocycles. The summed E-state index contributed by atoms with van der Waals surface area (Å²) in [5.74, 6) is -1.46.